The van der Waals surface area contributed by atoms with Crippen LogP contribution in [0.1, 0.15) is 11.1 Å². The van der Waals surface area contributed by atoms with Gasteiger partial charge >= 0.3 is 0 Å². The molecule has 3 heterocycles. The number of fused-ring (bicyclic) bond motifs is 2. The standard InChI is InChI=1S/C30H28N4O2/c35-29-21-33(18-22-10-12-24(13-11-22)23-6-2-1-3-7-23)30(36)28-20-32(16-17-34(28)29)19-25-14-15-31-27-9-5-4-8-26(25)27/h1-15,28H,16-21H2. The number of pyridine rings is 1. The molecule has 0 bridgehead atoms. The second-order valence-corrected chi connectivity index (χ2v) is 9.58. The summed E-state index contributed by atoms with van der Waals surface area (Å²) in [5.74, 6) is 0.0699. The summed E-state index contributed by atoms with van der Waals surface area (Å²) in [6, 6.07) is 28.2. The van der Waals surface area contributed by atoms with Gasteiger partial charge in [-0.15, -0.1) is 0 Å². The van der Waals surface area contributed by atoms with Crippen LogP contribution in [0.3, 0.4) is 0 Å². The maximum Gasteiger partial charge on any atom is 0.247 e. The fourth-order valence-electron chi connectivity index (χ4n) is 5.36. The van der Waals surface area contributed by atoms with Crippen LogP contribution in [0, 0.1) is 0 Å². The highest BCUT2D eigenvalue weighted by Gasteiger charge is 2.42. The lowest BCUT2D eigenvalue weighted by molar-refractivity contribution is -0.160. The van der Waals surface area contributed by atoms with Crippen molar-refractivity contribution in [1.82, 2.24) is 19.7 Å². The lowest BCUT2D eigenvalue weighted by Gasteiger charge is -2.46. The number of benzene rings is 3. The highest BCUT2D eigenvalue weighted by molar-refractivity contribution is 5.95. The Morgan fingerprint density at radius 1 is 0.778 bits per heavy atom. The Balaban J connectivity index is 1.16. The second kappa shape index (κ2) is 9.55. The maximum atomic E-state index is 13.5. The fourth-order valence-corrected chi connectivity index (χ4v) is 5.36. The molecule has 2 saturated heterocycles. The van der Waals surface area contributed by atoms with Crippen LogP contribution in [-0.2, 0) is 22.7 Å². The quantitative estimate of drug-likeness (QED) is 0.438. The molecule has 36 heavy (non-hydrogen) atoms. The molecule has 180 valence electrons. The Bertz CT molecular complexity index is 1400. The molecule has 2 amide bonds. The van der Waals surface area contributed by atoms with Crippen molar-refractivity contribution in [3.63, 3.8) is 0 Å². The second-order valence-electron chi connectivity index (χ2n) is 9.58. The van der Waals surface area contributed by atoms with Gasteiger partial charge in [0.2, 0.25) is 11.8 Å². The molecule has 1 unspecified atom stereocenters. The number of carbonyl (C=O) groups excluding carboxylic acids is 2. The highest BCUT2D eigenvalue weighted by atomic mass is 16.2. The number of nitrogens with zero attached hydrogens (tertiary/aromatic N) is 4. The Morgan fingerprint density at radius 2 is 1.53 bits per heavy atom. The molecule has 6 rings (SSSR count). The van der Waals surface area contributed by atoms with Gasteiger partial charge in [-0.2, -0.15) is 0 Å². The minimum atomic E-state index is -0.434. The SMILES string of the molecule is O=C1C2CN(Cc3ccnc4ccccc34)CCN2C(=O)CN1Cc1ccc(-c2ccccc2)cc1. The lowest BCUT2D eigenvalue weighted by atomic mass is 10.0. The number of aromatic nitrogens is 1. The normalized spacial score (nSPS) is 18.5. The zero-order valence-electron chi connectivity index (χ0n) is 20.1. The van der Waals surface area contributed by atoms with Gasteiger partial charge in [0.15, 0.2) is 0 Å². The van der Waals surface area contributed by atoms with Gasteiger partial charge in [-0.25, -0.2) is 0 Å². The van der Waals surface area contributed by atoms with E-state index < -0.39 is 6.04 Å². The molecule has 0 N–H and O–H groups in total. The molecular weight excluding hydrogens is 448 g/mol. The van der Waals surface area contributed by atoms with Crippen LogP contribution in [0.2, 0.25) is 0 Å². The molecule has 0 aliphatic carbocycles. The molecule has 2 aliphatic rings. The Kier molecular flexibility index (Phi) is 5.95. The predicted molar refractivity (Wildman–Crippen MR) is 140 cm³/mol. The third-order valence-electron chi connectivity index (χ3n) is 7.28. The largest absolute Gasteiger partial charge is 0.327 e. The number of amides is 2. The molecule has 1 atom stereocenters. The van der Waals surface area contributed by atoms with E-state index in [1.165, 1.54) is 5.56 Å². The number of carbonyl (C=O) groups is 2. The van der Waals surface area contributed by atoms with E-state index in [1.807, 2.05) is 60.8 Å². The third kappa shape index (κ3) is 4.36. The number of hydrogen-bond acceptors (Lipinski definition) is 4. The molecule has 2 fully saturated rings. The Labute approximate surface area is 210 Å². The number of hydrogen-bond donors (Lipinski definition) is 0. The van der Waals surface area contributed by atoms with Crippen molar-refractivity contribution in [1.29, 1.82) is 0 Å². The van der Waals surface area contributed by atoms with Crippen LogP contribution in [0.25, 0.3) is 22.0 Å². The molecule has 0 saturated carbocycles. The van der Waals surface area contributed by atoms with Crippen molar-refractivity contribution < 1.29 is 9.59 Å². The molecule has 1 aromatic heterocycles. The maximum absolute atomic E-state index is 13.5. The zero-order chi connectivity index (χ0) is 24.5. The van der Waals surface area contributed by atoms with Crippen LogP contribution >= 0.6 is 0 Å². The van der Waals surface area contributed by atoms with Crippen LogP contribution in [0.15, 0.2) is 91.1 Å². The van der Waals surface area contributed by atoms with Crippen molar-refractivity contribution in [2.45, 2.75) is 19.1 Å². The van der Waals surface area contributed by atoms with E-state index in [2.05, 4.69) is 40.2 Å². The number of para-hydroxylation sites is 1. The minimum absolute atomic E-state index is 0.0334. The predicted octanol–water partition coefficient (Wildman–Crippen LogP) is 3.96. The molecule has 0 radical (unpaired) electrons. The van der Waals surface area contributed by atoms with E-state index >= 15 is 0 Å². The molecule has 2 aliphatic heterocycles. The highest BCUT2D eigenvalue weighted by Crippen LogP contribution is 2.24. The zero-order valence-corrected chi connectivity index (χ0v) is 20.1. The van der Waals surface area contributed by atoms with Crippen molar-refractivity contribution >= 4 is 22.7 Å². The molecule has 6 heteroatoms. The Morgan fingerprint density at radius 3 is 2.36 bits per heavy atom. The van der Waals surface area contributed by atoms with Gasteiger partial charge in [0, 0.05) is 44.3 Å². The first-order chi connectivity index (χ1) is 17.7. The van der Waals surface area contributed by atoms with Crippen LogP contribution in [-0.4, -0.2) is 63.7 Å². The van der Waals surface area contributed by atoms with Crippen molar-refractivity contribution in [3.8, 4) is 11.1 Å². The first-order valence-electron chi connectivity index (χ1n) is 12.4. The smallest absolute Gasteiger partial charge is 0.247 e. The van der Waals surface area contributed by atoms with E-state index in [0.29, 0.717) is 19.6 Å². The van der Waals surface area contributed by atoms with Gasteiger partial charge < -0.3 is 9.80 Å². The van der Waals surface area contributed by atoms with Gasteiger partial charge in [0.05, 0.1) is 5.52 Å². The monoisotopic (exact) mass is 476 g/mol. The summed E-state index contributed by atoms with van der Waals surface area (Å²) in [6.07, 6.45) is 1.84. The van der Waals surface area contributed by atoms with E-state index in [1.54, 1.807) is 9.80 Å². The van der Waals surface area contributed by atoms with Gasteiger partial charge in [0.1, 0.15) is 12.6 Å². The van der Waals surface area contributed by atoms with Crippen molar-refractivity contribution in [2.75, 3.05) is 26.2 Å². The van der Waals surface area contributed by atoms with Crippen LogP contribution in [0.4, 0.5) is 0 Å². The van der Waals surface area contributed by atoms with Crippen molar-refractivity contribution in [2.24, 2.45) is 0 Å². The molecule has 6 nitrogen and oxygen atoms in total. The van der Waals surface area contributed by atoms with E-state index in [9.17, 15) is 9.59 Å². The molecule has 3 aromatic carbocycles. The summed E-state index contributed by atoms with van der Waals surface area (Å²) in [6.45, 7) is 3.20. The summed E-state index contributed by atoms with van der Waals surface area (Å²) in [5.41, 5.74) is 5.49. The molecule has 0 spiro atoms. The van der Waals surface area contributed by atoms with Gasteiger partial charge in [-0.05, 0) is 34.4 Å². The number of rotatable bonds is 5. The average Bonchev–Trinajstić information content (AvgIpc) is 2.93. The van der Waals surface area contributed by atoms with Crippen LogP contribution < -0.4 is 0 Å². The molecular formula is C30H28N4O2. The van der Waals surface area contributed by atoms with E-state index in [-0.39, 0.29) is 18.4 Å². The summed E-state index contributed by atoms with van der Waals surface area (Å²) < 4.78 is 0. The van der Waals surface area contributed by atoms with E-state index in [4.69, 9.17) is 0 Å². The van der Waals surface area contributed by atoms with Crippen molar-refractivity contribution in [3.05, 3.63) is 102 Å². The van der Waals surface area contributed by atoms with Gasteiger partial charge in [-0.1, -0.05) is 72.8 Å². The third-order valence-corrected chi connectivity index (χ3v) is 7.28. The van der Waals surface area contributed by atoms with Gasteiger partial charge in [0.25, 0.3) is 0 Å². The summed E-state index contributed by atoms with van der Waals surface area (Å²) in [4.78, 5) is 36.7. The molecule has 4 aromatic rings. The Hall–Kier alpha value is -4.03. The van der Waals surface area contributed by atoms with Crippen LogP contribution in [0.5, 0.6) is 0 Å². The van der Waals surface area contributed by atoms with E-state index in [0.717, 1.165) is 40.7 Å². The minimum Gasteiger partial charge on any atom is -0.327 e. The first kappa shape index (κ1) is 22.4. The topological polar surface area (TPSA) is 56.8 Å². The summed E-state index contributed by atoms with van der Waals surface area (Å²) in [5, 5.41) is 1.13. The fraction of sp³-hybridized carbons (Fsp3) is 0.233. The summed E-state index contributed by atoms with van der Waals surface area (Å²) >= 11 is 0. The lowest BCUT2D eigenvalue weighted by Crippen LogP contribution is -2.66. The van der Waals surface area contributed by atoms with Gasteiger partial charge in [-0.3, -0.25) is 19.5 Å². The number of piperazine rings is 2. The summed E-state index contributed by atoms with van der Waals surface area (Å²) in [7, 11) is 0. The average molecular weight is 477 g/mol. The first-order valence-corrected chi connectivity index (χ1v) is 12.4.